The van der Waals surface area contributed by atoms with E-state index in [-0.39, 0.29) is 24.5 Å². The summed E-state index contributed by atoms with van der Waals surface area (Å²) < 4.78 is 19.3. The minimum atomic E-state index is -0.291. The Bertz CT molecular complexity index is 930. The van der Waals surface area contributed by atoms with Crippen LogP contribution in [0.4, 0.5) is 4.39 Å². The van der Waals surface area contributed by atoms with Gasteiger partial charge in [-0.3, -0.25) is 4.98 Å². The van der Waals surface area contributed by atoms with E-state index in [9.17, 15) is 9.50 Å². The lowest BCUT2D eigenvalue weighted by Gasteiger charge is -2.25. The van der Waals surface area contributed by atoms with E-state index in [2.05, 4.69) is 10.3 Å². The number of pyridine rings is 1. The van der Waals surface area contributed by atoms with Crippen molar-refractivity contribution < 1.29 is 13.9 Å². The zero-order valence-corrected chi connectivity index (χ0v) is 15.2. The Kier molecular flexibility index (Phi) is 4.87. The molecule has 5 nitrogen and oxygen atoms in total. The third-order valence-corrected chi connectivity index (χ3v) is 4.94. The van der Waals surface area contributed by atoms with Gasteiger partial charge in [-0.15, -0.1) is 0 Å². The SMILES string of the molecule is OCCN1C(=S)N[C@H](c2ccccn2)[C@H]1c1ccc(-c2ccc(F)cc2)o1. The predicted molar refractivity (Wildman–Crippen MR) is 103 cm³/mol. The number of halogens is 1. The second-order valence-electron chi connectivity index (χ2n) is 6.25. The molecule has 1 aliphatic heterocycles. The average molecular weight is 383 g/mol. The molecule has 3 aromatic rings. The number of rotatable bonds is 5. The van der Waals surface area contributed by atoms with Crippen LogP contribution in [0.5, 0.6) is 0 Å². The highest BCUT2D eigenvalue weighted by Gasteiger charge is 2.41. The van der Waals surface area contributed by atoms with Crippen molar-refractivity contribution >= 4 is 17.3 Å². The van der Waals surface area contributed by atoms with Crippen LogP contribution in [0, 0.1) is 5.82 Å². The number of β-amino-alcohol motifs (C(OH)–C–C–N with tert-alkyl or cyclic N) is 1. The van der Waals surface area contributed by atoms with Gasteiger partial charge in [0.05, 0.1) is 18.3 Å². The van der Waals surface area contributed by atoms with Gasteiger partial charge in [-0.2, -0.15) is 0 Å². The first kappa shape index (κ1) is 17.6. The number of hydrogen-bond acceptors (Lipinski definition) is 4. The lowest BCUT2D eigenvalue weighted by molar-refractivity contribution is 0.209. The van der Waals surface area contributed by atoms with Gasteiger partial charge >= 0.3 is 0 Å². The molecule has 1 saturated heterocycles. The molecule has 0 saturated carbocycles. The maximum Gasteiger partial charge on any atom is 0.170 e. The highest BCUT2D eigenvalue weighted by molar-refractivity contribution is 7.80. The zero-order valence-electron chi connectivity index (χ0n) is 14.4. The fourth-order valence-electron chi connectivity index (χ4n) is 3.34. The van der Waals surface area contributed by atoms with Gasteiger partial charge in [-0.05, 0) is 60.7 Å². The Morgan fingerprint density at radius 1 is 1.15 bits per heavy atom. The quantitative estimate of drug-likeness (QED) is 0.658. The molecule has 3 heterocycles. The summed E-state index contributed by atoms with van der Waals surface area (Å²) in [5.41, 5.74) is 1.63. The largest absolute Gasteiger partial charge is 0.459 e. The third-order valence-electron chi connectivity index (χ3n) is 4.59. The van der Waals surface area contributed by atoms with Crippen molar-refractivity contribution in [1.82, 2.24) is 15.2 Å². The molecule has 138 valence electrons. The van der Waals surface area contributed by atoms with Gasteiger partial charge < -0.3 is 19.7 Å². The first-order valence-electron chi connectivity index (χ1n) is 8.62. The molecule has 0 spiro atoms. The van der Waals surface area contributed by atoms with E-state index in [1.807, 2.05) is 35.2 Å². The summed E-state index contributed by atoms with van der Waals surface area (Å²) in [5, 5.41) is 13.3. The maximum absolute atomic E-state index is 13.2. The minimum absolute atomic E-state index is 0.0290. The molecule has 1 aliphatic rings. The topological polar surface area (TPSA) is 61.5 Å². The molecule has 0 radical (unpaired) electrons. The van der Waals surface area contributed by atoms with Gasteiger partial charge in [0.1, 0.15) is 23.4 Å². The van der Waals surface area contributed by atoms with Gasteiger partial charge in [-0.25, -0.2) is 4.39 Å². The highest BCUT2D eigenvalue weighted by Crippen LogP contribution is 2.40. The molecule has 7 heteroatoms. The summed E-state index contributed by atoms with van der Waals surface area (Å²) in [6, 6.07) is 15.2. The molecule has 4 rings (SSSR count). The molecule has 2 atom stereocenters. The number of aromatic nitrogens is 1. The van der Waals surface area contributed by atoms with E-state index in [1.54, 1.807) is 18.3 Å². The Morgan fingerprint density at radius 2 is 1.96 bits per heavy atom. The van der Waals surface area contributed by atoms with Gasteiger partial charge in [0.2, 0.25) is 0 Å². The summed E-state index contributed by atoms with van der Waals surface area (Å²) in [4.78, 5) is 6.35. The van der Waals surface area contributed by atoms with Crippen LogP contribution < -0.4 is 5.32 Å². The lowest BCUT2D eigenvalue weighted by Crippen LogP contribution is -2.32. The number of nitrogens with one attached hydrogen (secondary N) is 1. The second kappa shape index (κ2) is 7.46. The maximum atomic E-state index is 13.2. The molecule has 0 bridgehead atoms. The van der Waals surface area contributed by atoms with Gasteiger partial charge in [0.25, 0.3) is 0 Å². The van der Waals surface area contributed by atoms with Crippen LogP contribution in [0.2, 0.25) is 0 Å². The van der Waals surface area contributed by atoms with Crippen LogP contribution in [-0.4, -0.2) is 33.3 Å². The highest BCUT2D eigenvalue weighted by atomic mass is 32.1. The summed E-state index contributed by atoms with van der Waals surface area (Å²) in [7, 11) is 0. The van der Waals surface area contributed by atoms with Crippen molar-refractivity contribution in [3.63, 3.8) is 0 Å². The lowest BCUT2D eigenvalue weighted by atomic mass is 10.0. The summed E-state index contributed by atoms with van der Waals surface area (Å²) in [6.07, 6.45) is 1.73. The number of furan rings is 1. The standard InChI is InChI=1S/C20H18FN3O2S/c21-14-6-4-13(5-7-14)16-8-9-17(26-16)19-18(15-3-1-2-10-22-15)23-20(27)24(19)11-12-25/h1-10,18-19,25H,11-12H2,(H,23,27)/t18-,19-/m1/s1. The Hall–Kier alpha value is -2.77. The number of nitrogens with zero attached hydrogens (tertiary/aromatic N) is 2. The van der Waals surface area contributed by atoms with Crippen LogP contribution in [-0.2, 0) is 0 Å². The van der Waals surface area contributed by atoms with Crippen LogP contribution in [0.3, 0.4) is 0 Å². The van der Waals surface area contributed by atoms with Crippen LogP contribution >= 0.6 is 12.2 Å². The normalized spacial score (nSPS) is 19.3. The molecule has 0 unspecified atom stereocenters. The predicted octanol–water partition coefficient (Wildman–Crippen LogP) is 3.45. The number of aliphatic hydroxyl groups is 1. The van der Waals surface area contributed by atoms with Crippen LogP contribution in [0.15, 0.2) is 65.2 Å². The number of thiocarbonyl (C=S) groups is 1. The van der Waals surface area contributed by atoms with Crippen molar-refractivity contribution in [2.45, 2.75) is 12.1 Å². The molecule has 2 N–H and O–H groups in total. The molecule has 1 aromatic carbocycles. The third kappa shape index (κ3) is 3.43. The average Bonchev–Trinajstić information content (AvgIpc) is 3.29. The van der Waals surface area contributed by atoms with Crippen molar-refractivity contribution in [2.24, 2.45) is 0 Å². The Morgan fingerprint density at radius 3 is 2.67 bits per heavy atom. The van der Waals surface area contributed by atoms with Gasteiger partial charge in [0.15, 0.2) is 5.11 Å². The van der Waals surface area contributed by atoms with E-state index in [1.165, 1.54) is 12.1 Å². The van der Waals surface area contributed by atoms with E-state index in [4.69, 9.17) is 16.6 Å². The van der Waals surface area contributed by atoms with E-state index >= 15 is 0 Å². The van der Waals surface area contributed by atoms with E-state index in [0.29, 0.717) is 23.2 Å². The van der Waals surface area contributed by atoms with Crippen molar-refractivity contribution in [1.29, 1.82) is 0 Å². The zero-order chi connectivity index (χ0) is 18.8. The Labute approximate surface area is 161 Å². The first-order valence-corrected chi connectivity index (χ1v) is 9.03. The van der Waals surface area contributed by atoms with Crippen molar-refractivity contribution in [2.75, 3.05) is 13.2 Å². The molecule has 0 aliphatic carbocycles. The molecule has 2 aromatic heterocycles. The summed E-state index contributed by atoms with van der Waals surface area (Å²) in [5.74, 6) is 1.05. The van der Waals surface area contributed by atoms with Crippen LogP contribution in [0.25, 0.3) is 11.3 Å². The first-order chi connectivity index (χ1) is 13.2. The van der Waals surface area contributed by atoms with E-state index < -0.39 is 0 Å². The van der Waals surface area contributed by atoms with Crippen LogP contribution in [0.1, 0.15) is 23.5 Å². The van der Waals surface area contributed by atoms with E-state index in [0.717, 1.165) is 11.3 Å². The number of hydrogen-bond donors (Lipinski definition) is 2. The van der Waals surface area contributed by atoms with Crippen molar-refractivity contribution in [3.8, 4) is 11.3 Å². The molecule has 1 fully saturated rings. The summed E-state index contributed by atoms with van der Waals surface area (Å²) >= 11 is 5.47. The van der Waals surface area contributed by atoms with Crippen molar-refractivity contribution in [3.05, 3.63) is 78.1 Å². The van der Waals surface area contributed by atoms with Gasteiger partial charge in [0, 0.05) is 18.3 Å². The molecule has 0 amide bonds. The Balaban J connectivity index is 1.71. The molecule has 27 heavy (non-hydrogen) atoms. The fourth-order valence-corrected chi connectivity index (χ4v) is 3.68. The smallest absolute Gasteiger partial charge is 0.170 e. The fraction of sp³-hybridized carbons (Fsp3) is 0.200. The summed E-state index contributed by atoms with van der Waals surface area (Å²) in [6.45, 7) is 0.352. The van der Waals surface area contributed by atoms with Gasteiger partial charge in [-0.1, -0.05) is 6.07 Å². The number of benzene rings is 1. The second-order valence-corrected chi connectivity index (χ2v) is 6.64. The molecular formula is C20H18FN3O2S. The number of aliphatic hydroxyl groups excluding tert-OH is 1. The monoisotopic (exact) mass is 383 g/mol. The minimum Gasteiger partial charge on any atom is -0.459 e. The molecular weight excluding hydrogens is 365 g/mol.